The van der Waals surface area contributed by atoms with Crippen LogP contribution in [0, 0.1) is 23.9 Å². The summed E-state index contributed by atoms with van der Waals surface area (Å²) in [6.45, 7) is 4.11. The molecule has 35 heavy (non-hydrogen) atoms. The van der Waals surface area contributed by atoms with E-state index in [-0.39, 0.29) is 5.92 Å². The second kappa shape index (κ2) is 11.0. The van der Waals surface area contributed by atoms with Crippen molar-refractivity contribution in [1.82, 2.24) is 14.6 Å². The number of hydrogen-bond donors (Lipinski definition) is 3. The van der Waals surface area contributed by atoms with Gasteiger partial charge in [0, 0.05) is 11.5 Å². The summed E-state index contributed by atoms with van der Waals surface area (Å²) < 4.78 is 2.51. The predicted octanol–water partition coefficient (Wildman–Crippen LogP) is 7.55. The van der Waals surface area contributed by atoms with Crippen molar-refractivity contribution < 1.29 is 0 Å². The lowest BCUT2D eigenvalue weighted by Gasteiger charge is -2.29. The monoisotopic (exact) mass is 534 g/mol. The van der Waals surface area contributed by atoms with E-state index in [0.29, 0.717) is 18.2 Å². The Morgan fingerprint density at radius 1 is 1.23 bits per heavy atom. The highest BCUT2D eigenvalue weighted by Crippen LogP contribution is 2.41. The van der Waals surface area contributed by atoms with E-state index in [0.717, 1.165) is 58.2 Å². The molecule has 182 valence electrons. The van der Waals surface area contributed by atoms with E-state index in [2.05, 4.69) is 62.5 Å². The molecule has 3 aromatic rings. The molecule has 0 bridgehead atoms. The zero-order chi connectivity index (χ0) is 24.9. The summed E-state index contributed by atoms with van der Waals surface area (Å²) in [5.41, 5.74) is 27.0. The molecule has 1 aromatic carbocycles. The fraction of sp³-hybridized carbons (Fsp3) is 0.385. The van der Waals surface area contributed by atoms with E-state index >= 15 is 0 Å². The molecule has 9 heteroatoms. The molecule has 0 amide bonds. The van der Waals surface area contributed by atoms with Crippen LogP contribution in [-0.4, -0.2) is 20.8 Å². The van der Waals surface area contributed by atoms with Gasteiger partial charge in [0.25, 0.3) is 0 Å². The maximum Gasteiger partial charge on any atom is 0.180 e. The normalized spacial score (nSPS) is 19.8. The molecular formula is C26H31BrN8. The van der Waals surface area contributed by atoms with Crippen LogP contribution in [0.3, 0.4) is 0 Å². The molecule has 1 aliphatic carbocycles. The van der Waals surface area contributed by atoms with E-state index in [1.54, 1.807) is 4.52 Å². The number of rotatable bonds is 8. The van der Waals surface area contributed by atoms with Gasteiger partial charge in [-0.15, -0.1) is 0 Å². The molecule has 1 fully saturated rings. The molecule has 0 saturated heterocycles. The van der Waals surface area contributed by atoms with E-state index in [4.69, 9.17) is 21.8 Å². The minimum Gasteiger partial charge on any atom is -0.383 e. The van der Waals surface area contributed by atoms with Gasteiger partial charge in [-0.2, -0.15) is 19.8 Å². The largest absolute Gasteiger partial charge is 0.383 e. The molecule has 0 spiro atoms. The molecule has 0 aliphatic heterocycles. The topological polar surface area (TPSA) is 129 Å². The minimum absolute atomic E-state index is 0.278. The molecule has 2 heterocycles. The molecule has 0 unspecified atom stereocenters. The molecule has 0 atom stereocenters. The second-order valence-corrected chi connectivity index (χ2v) is 9.93. The third kappa shape index (κ3) is 5.24. The molecule has 4 rings (SSSR count). The van der Waals surface area contributed by atoms with Crippen LogP contribution in [-0.2, 0) is 0 Å². The van der Waals surface area contributed by atoms with Crippen molar-refractivity contribution >= 4 is 39.0 Å². The first kappa shape index (κ1) is 24.9. The summed E-state index contributed by atoms with van der Waals surface area (Å²) in [5.74, 6) is 1.25. The van der Waals surface area contributed by atoms with Gasteiger partial charge in [0.15, 0.2) is 11.8 Å². The van der Waals surface area contributed by atoms with Crippen LogP contribution in [0.25, 0.3) is 17.3 Å². The van der Waals surface area contributed by atoms with E-state index < -0.39 is 6.17 Å². The fourth-order valence-electron chi connectivity index (χ4n) is 4.90. The SMILES string of the molecule is CC=CC(=Cc1ccccc1C)c1cnn2c(N)c(Br)c(C3CCC(CC(N=N)N=N)CC3)nc12. The molecule has 1 aliphatic rings. The first-order valence-electron chi connectivity index (χ1n) is 11.9. The van der Waals surface area contributed by atoms with Gasteiger partial charge >= 0.3 is 0 Å². The summed E-state index contributed by atoms with van der Waals surface area (Å²) in [6, 6.07) is 8.30. The van der Waals surface area contributed by atoms with Crippen molar-refractivity contribution in [3.8, 4) is 0 Å². The quantitative estimate of drug-likeness (QED) is 0.203. The van der Waals surface area contributed by atoms with Gasteiger partial charge in [-0.05, 0) is 90.6 Å². The predicted molar refractivity (Wildman–Crippen MR) is 142 cm³/mol. The van der Waals surface area contributed by atoms with Gasteiger partial charge < -0.3 is 5.73 Å². The Labute approximate surface area is 213 Å². The Bertz CT molecular complexity index is 1280. The standard InChI is InChI=1S/C26H31BrN8/c1-3-6-20(14-19-8-5-4-7-16(19)2)21-15-31-35-25(28)23(27)24(32-26(21)35)18-11-9-17(10-12-18)13-22(33-29)34-30/h3-8,14-15,17-18,22,29-30H,9-13,28H2,1-2H3. The third-order valence-electron chi connectivity index (χ3n) is 6.88. The molecule has 2 aromatic heterocycles. The number of nitrogens with two attached hydrogens (primary N) is 1. The van der Waals surface area contributed by atoms with Crippen LogP contribution < -0.4 is 5.73 Å². The maximum absolute atomic E-state index is 7.20. The molecular weight excluding hydrogens is 504 g/mol. The van der Waals surface area contributed by atoms with Crippen molar-refractivity contribution in [3.63, 3.8) is 0 Å². The Hall–Kier alpha value is -3.20. The second-order valence-electron chi connectivity index (χ2n) is 9.14. The highest BCUT2D eigenvalue weighted by molar-refractivity contribution is 9.10. The number of aryl methyl sites for hydroxylation is 1. The Morgan fingerprint density at radius 2 is 1.94 bits per heavy atom. The average molecular weight is 535 g/mol. The van der Waals surface area contributed by atoms with Gasteiger partial charge in [0.2, 0.25) is 0 Å². The minimum atomic E-state index is -0.548. The average Bonchev–Trinajstić information content (AvgIpc) is 3.30. The van der Waals surface area contributed by atoms with Crippen LogP contribution >= 0.6 is 15.9 Å². The maximum atomic E-state index is 7.20. The Morgan fingerprint density at radius 3 is 2.60 bits per heavy atom. The Balaban J connectivity index is 1.69. The number of halogens is 1. The van der Waals surface area contributed by atoms with Crippen molar-refractivity contribution in [2.75, 3.05) is 5.73 Å². The van der Waals surface area contributed by atoms with Gasteiger partial charge in [-0.3, -0.25) is 0 Å². The summed E-state index contributed by atoms with van der Waals surface area (Å²) in [6.07, 6.45) is 12.2. The van der Waals surface area contributed by atoms with Crippen LogP contribution in [0.2, 0.25) is 0 Å². The van der Waals surface area contributed by atoms with Gasteiger partial charge in [-0.1, -0.05) is 36.4 Å². The highest BCUT2D eigenvalue weighted by Gasteiger charge is 2.28. The van der Waals surface area contributed by atoms with Crippen LogP contribution in [0.4, 0.5) is 5.82 Å². The fourth-order valence-corrected chi connectivity index (χ4v) is 5.48. The number of anilines is 1. The van der Waals surface area contributed by atoms with E-state index in [1.807, 2.05) is 31.3 Å². The number of allylic oxidation sites excluding steroid dienone is 3. The lowest BCUT2D eigenvalue weighted by molar-refractivity contribution is 0.286. The number of benzene rings is 1. The van der Waals surface area contributed by atoms with Gasteiger partial charge in [0.1, 0.15) is 5.82 Å². The first-order chi connectivity index (χ1) is 17.0. The smallest absolute Gasteiger partial charge is 0.180 e. The molecule has 0 radical (unpaired) electrons. The van der Waals surface area contributed by atoms with Crippen molar-refractivity contribution in [2.24, 2.45) is 16.1 Å². The van der Waals surface area contributed by atoms with E-state index in [1.165, 1.54) is 5.56 Å². The van der Waals surface area contributed by atoms with Crippen molar-refractivity contribution in [1.29, 1.82) is 11.1 Å². The van der Waals surface area contributed by atoms with E-state index in [9.17, 15) is 0 Å². The third-order valence-corrected chi connectivity index (χ3v) is 7.69. The number of fused-ring (bicyclic) bond motifs is 1. The first-order valence-corrected chi connectivity index (χ1v) is 12.7. The van der Waals surface area contributed by atoms with Gasteiger partial charge in [0.05, 0.1) is 16.4 Å². The number of nitrogens with one attached hydrogen (secondary N) is 2. The van der Waals surface area contributed by atoms with Crippen molar-refractivity contribution in [3.05, 3.63) is 69.5 Å². The van der Waals surface area contributed by atoms with Crippen molar-refractivity contribution in [2.45, 2.75) is 58.0 Å². The number of nitrogen functional groups attached to an aromatic ring is 1. The van der Waals surface area contributed by atoms with Crippen LogP contribution in [0.5, 0.6) is 0 Å². The lowest BCUT2D eigenvalue weighted by atomic mass is 9.78. The summed E-state index contributed by atoms with van der Waals surface area (Å²) in [4.78, 5) is 5.11. The number of aromatic nitrogens is 3. The van der Waals surface area contributed by atoms with Crippen LogP contribution in [0.1, 0.15) is 67.3 Å². The zero-order valence-corrected chi connectivity index (χ0v) is 21.7. The summed E-state index contributed by atoms with van der Waals surface area (Å²) in [7, 11) is 0. The summed E-state index contributed by atoms with van der Waals surface area (Å²) >= 11 is 3.70. The molecule has 4 N–H and O–H groups in total. The number of nitrogens with zero attached hydrogens (tertiary/aromatic N) is 5. The number of hydrogen-bond acceptors (Lipinski definition) is 7. The molecule has 1 saturated carbocycles. The Kier molecular flexibility index (Phi) is 7.85. The van der Waals surface area contributed by atoms with Crippen LogP contribution in [0.15, 0.2) is 57.3 Å². The zero-order valence-electron chi connectivity index (χ0n) is 20.1. The summed E-state index contributed by atoms with van der Waals surface area (Å²) in [5, 5.41) is 11.5. The highest BCUT2D eigenvalue weighted by atomic mass is 79.9. The molecule has 8 nitrogen and oxygen atoms in total. The lowest BCUT2D eigenvalue weighted by Crippen LogP contribution is -2.19. The van der Waals surface area contributed by atoms with Gasteiger partial charge in [-0.25, -0.2) is 16.0 Å².